The number of rotatable bonds is 2. The Labute approximate surface area is 190 Å². The van der Waals surface area contributed by atoms with Gasteiger partial charge in [-0.15, -0.1) is 11.3 Å². The number of aryl methyl sites for hydroxylation is 1. The largest absolute Gasteiger partial charge is 0.322 e. The highest BCUT2D eigenvalue weighted by molar-refractivity contribution is 9.10. The van der Waals surface area contributed by atoms with E-state index in [1.54, 1.807) is 0 Å². The van der Waals surface area contributed by atoms with Gasteiger partial charge in [0.25, 0.3) is 0 Å². The van der Waals surface area contributed by atoms with E-state index in [-0.39, 0.29) is 12.1 Å². The van der Waals surface area contributed by atoms with Crippen molar-refractivity contribution in [2.24, 2.45) is 5.92 Å². The number of halogens is 1. The molecule has 5 rings (SSSR count). The lowest BCUT2D eigenvalue weighted by atomic mass is 9.94. The van der Waals surface area contributed by atoms with Crippen LogP contribution in [0, 0.1) is 5.92 Å². The van der Waals surface area contributed by atoms with Crippen LogP contribution in [0.3, 0.4) is 0 Å². The van der Waals surface area contributed by atoms with Gasteiger partial charge in [-0.1, -0.05) is 29.8 Å². The lowest BCUT2D eigenvalue weighted by molar-refractivity contribution is 0.161. The number of aromatic nitrogens is 1. The molecule has 0 saturated heterocycles. The number of carbonyl (C=O) groups excluding carboxylic acids is 1. The van der Waals surface area contributed by atoms with E-state index in [9.17, 15) is 4.79 Å². The molecule has 0 fully saturated rings. The zero-order valence-corrected chi connectivity index (χ0v) is 19.7. The fraction of sp³-hybridized carbons (Fsp3) is 0.375. The number of anilines is 1. The van der Waals surface area contributed by atoms with E-state index in [4.69, 9.17) is 0 Å². The zero-order chi connectivity index (χ0) is 20.8. The number of hydrogen-bond acceptors (Lipinski definition) is 2. The van der Waals surface area contributed by atoms with Gasteiger partial charge in [-0.2, -0.15) is 0 Å². The summed E-state index contributed by atoms with van der Waals surface area (Å²) >= 11 is 5.40. The van der Waals surface area contributed by atoms with Gasteiger partial charge >= 0.3 is 6.03 Å². The highest BCUT2D eigenvalue weighted by atomic mass is 79.9. The van der Waals surface area contributed by atoms with E-state index in [1.165, 1.54) is 46.0 Å². The molecule has 2 amide bonds. The molecule has 6 heteroatoms. The lowest BCUT2D eigenvalue weighted by Crippen LogP contribution is -2.39. The van der Waals surface area contributed by atoms with E-state index in [2.05, 4.69) is 58.0 Å². The number of thiophene rings is 1. The molecule has 156 valence electrons. The van der Waals surface area contributed by atoms with Crippen molar-refractivity contribution in [2.45, 2.75) is 52.1 Å². The monoisotopic (exact) mass is 483 g/mol. The Kier molecular flexibility index (Phi) is 5.23. The maximum Gasteiger partial charge on any atom is 0.322 e. The van der Waals surface area contributed by atoms with Crippen LogP contribution in [0.5, 0.6) is 0 Å². The number of nitrogens with zero attached hydrogens (tertiary/aromatic N) is 2. The first-order valence-electron chi connectivity index (χ1n) is 10.7. The first kappa shape index (κ1) is 19.9. The number of amides is 2. The Hall–Kier alpha value is -2.05. The van der Waals surface area contributed by atoms with E-state index < -0.39 is 0 Å². The van der Waals surface area contributed by atoms with Gasteiger partial charge in [-0.05, 0) is 73.6 Å². The maximum atomic E-state index is 13.5. The van der Waals surface area contributed by atoms with Gasteiger partial charge in [0.05, 0.1) is 12.6 Å². The maximum absolute atomic E-state index is 13.5. The second-order valence-electron chi connectivity index (χ2n) is 8.55. The smallest absolute Gasteiger partial charge is 0.311 e. The highest BCUT2D eigenvalue weighted by Gasteiger charge is 2.36. The normalized spacial score (nSPS) is 17.9. The molecule has 1 aliphatic heterocycles. The molecule has 0 spiro atoms. The molecular weight excluding hydrogens is 458 g/mol. The van der Waals surface area contributed by atoms with Crippen LogP contribution < -0.4 is 5.32 Å². The first-order chi connectivity index (χ1) is 14.5. The number of carbonyl (C=O) groups is 1. The van der Waals surface area contributed by atoms with Crippen molar-refractivity contribution in [1.82, 2.24) is 9.47 Å². The van der Waals surface area contributed by atoms with Crippen LogP contribution in [0.15, 0.2) is 47.1 Å². The van der Waals surface area contributed by atoms with Crippen molar-refractivity contribution in [3.05, 3.63) is 68.8 Å². The van der Waals surface area contributed by atoms with Gasteiger partial charge < -0.3 is 14.8 Å². The summed E-state index contributed by atoms with van der Waals surface area (Å²) in [6, 6.07) is 12.1. The third-order valence-electron chi connectivity index (χ3n) is 6.21. The van der Waals surface area contributed by atoms with Crippen molar-refractivity contribution >= 4 is 39.0 Å². The number of nitrogens with one attached hydrogen (secondary N) is 1. The second-order valence-corrected chi connectivity index (χ2v) is 10.6. The summed E-state index contributed by atoms with van der Waals surface area (Å²) in [6.07, 6.45) is 6.98. The van der Waals surface area contributed by atoms with Gasteiger partial charge in [0.15, 0.2) is 0 Å². The Morgan fingerprint density at radius 2 is 1.90 bits per heavy atom. The van der Waals surface area contributed by atoms with Crippen molar-refractivity contribution in [2.75, 3.05) is 5.32 Å². The van der Waals surface area contributed by atoms with E-state index in [0.717, 1.165) is 16.6 Å². The van der Waals surface area contributed by atoms with Crippen LogP contribution in [0.4, 0.5) is 10.5 Å². The summed E-state index contributed by atoms with van der Waals surface area (Å²) in [7, 11) is 0. The van der Waals surface area contributed by atoms with E-state index in [1.807, 2.05) is 40.5 Å². The molecule has 1 N–H and O–H groups in total. The average Bonchev–Trinajstić information content (AvgIpc) is 3.31. The number of urea groups is 1. The van der Waals surface area contributed by atoms with Crippen molar-refractivity contribution in [1.29, 1.82) is 0 Å². The molecule has 2 aliphatic rings. The van der Waals surface area contributed by atoms with Crippen LogP contribution in [-0.4, -0.2) is 15.5 Å². The summed E-state index contributed by atoms with van der Waals surface area (Å²) < 4.78 is 3.35. The van der Waals surface area contributed by atoms with Crippen molar-refractivity contribution in [3.8, 4) is 5.00 Å². The summed E-state index contributed by atoms with van der Waals surface area (Å²) in [5.41, 5.74) is 4.86. The minimum absolute atomic E-state index is 0.0225. The molecule has 1 atom stereocenters. The first-order valence-corrected chi connectivity index (χ1v) is 12.3. The molecule has 0 saturated carbocycles. The number of benzene rings is 1. The summed E-state index contributed by atoms with van der Waals surface area (Å²) in [5, 5.41) is 4.45. The fourth-order valence-electron chi connectivity index (χ4n) is 4.85. The molecular formula is C24H26BrN3OS. The van der Waals surface area contributed by atoms with Gasteiger partial charge in [0.2, 0.25) is 0 Å². The zero-order valence-electron chi connectivity index (χ0n) is 17.3. The molecule has 1 aliphatic carbocycles. The van der Waals surface area contributed by atoms with Crippen LogP contribution in [0.2, 0.25) is 0 Å². The quantitative estimate of drug-likeness (QED) is 0.421. The van der Waals surface area contributed by atoms with Gasteiger partial charge in [-0.3, -0.25) is 0 Å². The van der Waals surface area contributed by atoms with Crippen LogP contribution in [0.25, 0.3) is 5.00 Å². The van der Waals surface area contributed by atoms with Crippen LogP contribution >= 0.6 is 27.3 Å². The second kappa shape index (κ2) is 7.89. The molecule has 2 aromatic heterocycles. The molecule has 3 aromatic rings. The Balaban J connectivity index is 1.58. The number of hydrogen-bond donors (Lipinski definition) is 1. The summed E-state index contributed by atoms with van der Waals surface area (Å²) in [6.45, 7) is 5.07. The van der Waals surface area contributed by atoms with E-state index in [0.29, 0.717) is 12.5 Å². The third kappa shape index (κ3) is 3.40. The minimum atomic E-state index is -0.0348. The third-order valence-corrected chi connectivity index (χ3v) is 8.08. The van der Waals surface area contributed by atoms with Gasteiger partial charge in [0.1, 0.15) is 5.00 Å². The van der Waals surface area contributed by atoms with Crippen LogP contribution in [0.1, 0.15) is 54.4 Å². The van der Waals surface area contributed by atoms with Gasteiger partial charge in [0, 0.05) is 32.5 Å². The fourth-order valence-corrected chi connectivity index (χ4v) is 6.52. The average molecular weight is 484 g/mol. The predicted molar refractivity (Wildman–Crippen MR) is 127 cm³/mol. The predicted octanol–water partition coefficient (Wildman–Crippen LogP) is 6.92. The van der Waals surface area contributed by atoms with Crippen molar-refractivity contribution in [3.63, 3.8) is 0 Å². The number of fused-ring (bicyclic) bond motifs is 5. The molecule has 0 bridgehead atoms. The Bertz CT molecular complexity index is 1080. The molecule has 0 unspecified atom stereocenters. The van der Waals surface area contributed by atoms with E-state index >= 15 is 0 Å². The standard InChI is InChI=1S/C24H26BrN3OS/c1-15(2)22-20-7-5-13-27(20)23-19(18-6-3-4-8-21(18)30-23)14-28(22)24(29)26-17-11-9-16(25)10-12-17/h5,7,9-13,15,22H,3-4,6,8,14H2,1-2H3,(H,26,29)/t22-/m1/s1. The highest BCUT2D eigenvalue weighted by Crippen LogP contribution is 2.44. The summed E-state index contributed by atoms with van der Waals surface area (Å²) in [5.74, 6) is 0.305. The van der Waals surface area contributed by atoms with Crippen molar-refractivity contribution < 1.29 is 4.79 Å². The Morgan fingerprint density at radius 1 is 1.13 bits per heavy atom. The van der Waals surface area contributed by atoms with Gasteiger partial charge in [-0.25, -0.2) is 4.79 Å². The molecule has 4 nitrogen and oxygen atoms in total. The van der Waals surface area contributed by atoms with Crippen LogP contribution in [-0.2, 0) is 19.4 Å². The minimum Gasteiger partial charge on any atom is -0.311 e. The Morgan fingerprint density at radius 3 is 2.67 bits per heavy atom. The molecule has 3 heterocycles. The molecule has 30 heavy (non-hydrogen) atoms. The topological polar surface area (TPSA) is 37.3 Å². The molecule has 1 aromatic carbocycles. The lowest BCUT2D eigenvalue weighted by Gasteiger charge is -2.33. The summed E-state index contributed by atoms with van der Waals surface area (Å²) in [4.78, 5) is 17.1. The SMILES string of the molecule is CC(C)[C@@H]1c2cccn2-c2sc3c(c2CN1C(=O)Nc1ccc(Br)cc1)CCCC3. The molecule has 0 radical (unpaired) electrons.